The molecule has 1 heterocycles. The number of aldehydes is 1. The maximum atomic E-state index is 10.2. The second-order valence-electron chi connectivity index (χ2n) is 2.79. The number of carbonyl (C=O) groups is 1. The van der Waals surface area contributed by atoms with Crippen molar-refractivity contribution in [1.82, 2.24) is 10.2 Å². The highest BCUT2D eigenvalue weighted by molar-refractivity contribution is 6.31. The largest absolute Gasteiger partial charge is 0.299 e. The predicted molar refractivity (Wildman–Crippen MR) is 56.2 cm³/mol. The Hall–Kier alpha value is -1.61. The number of fused-ring (bicyclic) bond motifs is 1. The molecule has 0 spiro atoms. The molecule has 4 heteroatoms. The van der Waals surface area contributed by atoms with E-state index in [9.17, 15) is 4.79 Å². The molecule has 3 nitrogen and oxygen atoms in total. The first-order chi connectivity index (χ1) is 6.81. The zero-order valence-electron chi connectivity index (χ0n) is 7.20. The van der Waals surface area contributed by atoms with Crippen molar-refractivity contribution in [2.75, 3.05) is 0 Å². The molecule has 0 saturated carbocycles. The van der Waals surface area contributed by atoms with E-state index in [0.29, 0.717) is 5.02 Å². The number of carbonyl (C=O) groups excluding carboxylic acids is 1. The van der Waals surface area contributed by atoms with E-state index in [4.69, 9.17) is 11.6 Å². The zero-order valence-corrected chi connectivity index (χ0v) is 7.95. The zero-order chi connectivity index (χ0) is 9.97. The number of rotatable bonds is 2. The summed E-state index contributed by atoms with van der Waals surface area (Å²) >= 11 is 5.85. The molecule has 0 aliphatic heterocycles. The van der Waals surface area contributed by atoms with Crippen LogP contribution in [0, 0.1) is 0 Å². The fourth-order valence-electron chi connectivity index (χ4n) is 1.26. The molecule has 0 unspecified atom stereocenters. The van der Waals surface area contributed by atoms with Crippen molar-refractivity contribution in [1.29, 1.82) is 0 Å². The second-order valence-corrected chi connectivity index (χ2v) is 3.23. The van der Waals surface area contributed by atoms with Crippen LogP contribution in [-0.4, -0.2) is 16.5 Å². The van der Waals surface area contributed by atoms with Crippen molar-refractivity contribution in [3.05, 3.63) is 35.0 Å². The van der Waals surface area contributed by atoms with Gasteiger partial charge in [0.25, 0.3) is 0 Å². The first kappa shape index (κ1) is 8.97. The van der Waals surface area contributed by atoms with E-state index in [1.54, 1.807) is 12.1 Å². The molecule has 0 aliphatic carbocycles. The highest BCUT2D eigenvalue weighted by atomic mass is 35.5. The summed E-state index contributed by atoms with van der Waals surface area (Å²) in [6.07, 6.45) is 3.80. The number of allylic oxidation sites excluding steroid dienone is 1. The fourth-order valence-corrected chi connectivity index (χ4v) is 1.44. The molecule has 70 valence electrons. The lowest BCUT2D eigenvalue weighted by Gasteiger charge is -1.90. The Morgan fingerprint density at radius 3 is 3.07 bits per heavy atom. The van der Waals surface area contributed by atoms with E-state index in [0.717, 1.165) is 22.9 Å². The molecule has 0 atom stereocenters. The van der Waals surface area contributed by atoms with Crippen LogP contribution in [0.4, 0.5) is 0 Å². The maximum absolute atomic E-state index is 10.2. The number of halogens is 1. The van der Waals surface area contributed by atoms with Gasteiger partial charge in [0.1, 0.15) is 6.29 Å². The lowest BCUT2D eigenvalue weighted by Crippen LogP contribution is -1.72. The second kappa shape index (κ2) is 3.64. The Morgan fingerprint density at radius 1 is 1.43 bits per heavy atom. The Labute approximate surface area is 85.4 Å². The van der Waals surface area contributed by atoms with Crippen LogP contribution in [0.3, 0.4) is 0 Å². The van der Waals surface area contributed by atoms with Gasteiger partial charge < -0.3 is 0 Å². The average Bonchev–Trinajstić information content (AvgIpc) is 2.57. The van der Waals surface area contributed by atoms with E-state index >= 15 is 0 Å². The van der Waals surface area contributed by atoms with Crippen LogP contribution >= 0.6 is 11.6 Å². The lowest BCUT2D eigenvalue weighted by atomic mass is 10.2. The van der Waals surface area contributed by atoms with Crippen LogP contribution in [0.1, 0.15) is 5.69 Å². The molecule has 0 radical (unpaired) electrons. The number of nitrogens with one attached hydrogen (secondary N) is 1. The van der Waals surface area contributed by atoms with Crippen LogP contribution in [0.2, 0.25) is 5.02 Å². The number of H-pyrrole nitrogens is 1. The summed E-state index contributed by atoms with van der Waals surface area (Å²) in [5.74, 6) is 0. The molecule has 2 rings (SSSR count). The average molecular weight is 207 g/mol. The van der Waals surface area contributed by atoms with Gasteiger partial charge in [-0.25, -0.2) is 0 Å². The Morgan fingerprint density at radius 2 is 2.29 bits per heavy atom. The minimum Gasteiger partial charge on any atom is -0.299 e. The number of benzene rings is 1. The Kier molecular flexibility index (Phi) is 2.33. The number of aromatic amines is 1. The van der Waals surface area contributed by atoms with E-state index in [1.165, 1.54) is 6.08 Å². The maximum Gasteiger partial charge on any atom is 0.142 e. The van der Waals surface area contributed by atoms with E-state index < -0.39 is 0 Å². The Balaban J connectivity index is 2.60. The molecule has 1 aromatic carbocycles. The van der Waals surface area contributed by atoms with E-state index in [-0.39, 0.29) is 0 Å². The summed E-state index contributed by atoms with van der Waals surface area (Å²) in [7, 11) is 0. The normalized spacial score (nSPS) is 11.2. The number of hydrogen-bond acceptors (Lipinski definition) is 2. The standard InChI is InChI=1S/C10H7ClN2O/c11-7-3-4-10-8(6-7)9(12-13-10)2-1-5-14/h1-6H,(H,12,13)/b2-1+. The first-order valence-electron chi connectivity index (χ1n) is 4.07. The highest BCUT2D eigenvalue weighted by Crippen LogP contribution is 2.21. The van der Waals surface area contributed by atoms with Crippen molar-refractivity contribution in [3.8, 4) is 0 Å². The number of aromatic nitrogens is 2. The van der Waals surface area contributed by atoms with E-state index in [2.05, 4.69) is 10.2 Å². The molecular weight excluding hydrogens is 200 g/mol. The van der Waals surface area contributed by atoms with Crippen molar-refractivity contribution < 1.29 is 4.79 Å². The summed E-state index contributed by atoms with van der Waals surface area (Å²) in [5.41, 5.74) is 1.62. The topological polar surface area (TPSA) is 45.8 Å². The Bertz CT molecular complexity index is 502. The van der Waals surface area contributed by atoms with Gasteiger partial charge in [-0.15, -0.1) is 0 Å². The van der Waals surface area contributed by atoms with Crippen LogP contribution in [0.25, 0.3) is 17.0 Å². The molecule has 0 fully saturated rings. The fraction of sp³-hybridized carbons (Fsp3) is 0. The van der Waals surface area contributed by atoms with Gasteiger partial charge in [-0.05, 0) is 30.4 Å². The minimum atomic E-state index is 0.652. The SMILES string of the molecule is O=C/C=C/c1[nH]nc2ccc(Cl)cc12. The van der Waals surface area contributed by atoms with Crippen LogP contribution in [0.15, 0.2) is 24.3 Å². The molecule has 0 amide bonds. The van der Waals surface area contributed by atoms with Crippen LogP contribution < -0.4 is 0 Å². The summed E-state index contributed by atoms with van der Waals surface area (Å²) < 4.78 is 0. The highest BCUT2D eigenvalue weighted by Gasteiger charge is 2.02. The van der Waals surface area contributed by atoms with Crippen LogP contribution in [-0.2, 0) is 4.79 Å². The van der Waals surface area contributed by atoms with Gasteiger partial charge in [0.05, 0.1) is 11.2 Å². The molecule has 14 heavy (non-hydrogen) atoms. The third kappa shape index (κ3) is 1.54. The molecule has 0 saturated heterocycles. The smallest absolute Gasteiger partial charge is 0.142 e. The van der Waals surface area contributed by atoms with Gasteiger partial charge in [-0.2, -0.15) is 5.10 Å². The molecule has 2 aromatic rings. The van der Waals surface area contributed by atoms with Gasteiger partial charge in [0.15, 0.2) is 0 Å². The monoisotopic (exact) mass is 206 g/mol. The molecule has 0 bridgehead atoms. The number of nitrogens with zero attached hydrogens (tertiary/aromatic N) is 1. The first-order valence-corrected chi connectivity index (χ1v) is 4.44. The minimum absolute atomic E-state index is 0.652. The number of hydrogen-bond donors (Lipinski definition) is 1. The quantitative estimate of drug-likeness (QED) is 0.606. The van der Waals surface area contributed by atoms with Crippen molar-refractivity contribution in [3.63, 3.8) is 0 Å². The summed E-state index contributed by atoms with van der Waals surface area (Å²) in [6.45, 7) is 0. The van der Waals surface area contributed by atoms with Crippen molar-refractivity contribution in [2.24, 2.45) is 0 Å². The summed E-state index contributed by atoms with van der Waals surface area (Å²) in [6, 6.07) is 5.41. The third-order valence-corrected chi connectivity index (χ3v) is 2.12. The summed E-state index contributed by atoms with van der Waals surface area (Å²) in [4.78, 5) is 10.2. The van der Waals surface area contributed by atoms with Gasteiger partial charge in [-0.3, -0.25) is 9.89 Å². The van der Waals surface area contributed by atoms with Gasteiger partial charge >= 0.3 is 0 Å². The lowest BCUT2D eigenvalue weighted by molar-refractivity contribution is -0.104. The van der Waals surface area contributed by atoms with Crippen molar-refractivity contribution >= 4 is 34.9 Å². The van der Waals surface area contributed by atoms with Gasteiger partial charge in [0, 0.05) is 10.4 Å². The molecule has 0 aliphatic rings. The molecule has 1 aromatic heterocycles. The van der Waals surface area contributed by atoms with Gasteiger partial charge in [-0.1, -0.05) is 11.6 Å². The van der Waals surface area contributed by atoms with E-state index in [1.807, 2.05) is 12.1 Å². The van der Waals surface area contributed by atoms with Gasteiger partial charge in [0.2, 0.25) is 0 Å². The van der Waals surface area contributed by atoms with Crippen LogP contribution in [0.5, 0.6) is 0 Å². The van der Waals surface area contributed by atoms with Crippen molar-refractivity contribution in [2.45, 2.75) is 0 Å². The third-order valence-electron chi connectivity index (χ3n) is 1.89. The summed E-state index contributed by atoms with van der Waals surface area (Å²) in [5, 5.41) is 8.45. The molecule has 1 N–H and O–H groups in total. The molecular formula is C10H7ClN2O. The predicted octanol–water partition coefficient (Wildman–Crippen LogP) is 2.43.